The summed E-state index contributed by atoms with van der Waals surface area (Å²) in [6.07, 6.45) is 21.9. The number of hydrogen-bond acceptors (Lipinski definition) is 6. The predicted molar refractivity (Wildman–Crippen MR) is 155 cm³/mol. The van der Waals surface area contributed by atoms with Crippen LogP contribution in [0.25, 0.3) is 0 Å². The molecule has 1 saturated heterocycles. The van der Waals surface area contributed by atoms with Gasteiger partial charge in [0.15, 0.2) is 0 Å². The molecule has 2 N–H and O–H groups in total. The van der Waals surface area contributed by atoms with E-state index in [1.807, 2.05) is 12.1 Å². The van der Waals surface area contributed by atoms with Gasteiger partial charge in [-0.1, -0.05) is 109 Å². The molecule has 222 valence electrons. The first-order chi connectivity index (χ1) is 19.2. The van der Waals surface area contributed by atoms with Crippen molar-refractivity contribution < 1.29 is 23.8 Å². The van der Waals surface area contributed by atoms with E-state index in [1.165, 1.54) is 97.0 Å². The van der Waals surface area contributed by atoms with E-state index in [4.69, 9.17) is 9.47 Å². The van der Waals surface area contributed by atoms with Crippen molar-refractivity contribution in [3.63, 3.8) is 0 Å². The molecule has 8 nitrogen and oxygen atoms in total. The highest BCUT2D eigenvalue weighted by Gasteiger charge is 2.36. The smallest absolute Gasteiger partial charge is 0.407 e. The number of nitrogens with one attached hydrogen (secondary N) is 2. The van der Waals surface area contributed by atoms with E-state index in [2.05, 4.69) is 27.3 Å². The highest BCUT2D eigenvalue weighted by atomic mass is 16.6. The third-order valence-corrected chi connectivity index (χ3v) is 7.53. The van der Waals surface area contributed by atoms with Crippen LogP contribution >= 0.6 is 0 Å². The van der Waals surface area contributed by atoms with Gasteiger partial charge in [-0.25, -0.2) is 9.59 Å². The lowest BCUT2D eigenvalue weighted by Crippen LogP contribution is -2.43. The lowest BCUT2D eigenvalue weighted by atomic mass is 9.89. The summed E-state index contributed by atoms with van der Waals surface area (Å²) in [5.41, 5.74) is 1.75. The maximum absolute atomic E-state index is 12.1. The number of ether oxygens (including phenoxy) is 3. The Hall–Kier alpha value is -2.35. The van der Waals surface area contributed by atoms with Gasteiger partial charge in [0.05, 0.1) is 26.0 Å². The number of unbranched alkanes of at least 4 members (excludes halogenated alkanes) is 15. The fraction of sp³-hybridized carbons (Fsp3) is 0.774. The van der Waals surface area contributed by atoms with Gasteiger partial charge in [0.1, 0.15) is 12.7 Å². The molecule has 0 spiro atoms. The Morgan fingerprint density at radius 1 is 0.872 bits per heavy atom. The number of carbonyl (C=O) groups excluding carboxylic acids is 2. The first-order valence-electron chi connectivity index (χ1n) is 15.4. The van der Waals surface area contributed by atoms with Crippen LogP contribution in [0.1, 0.15) is 127 Å². The monoisotopic (exact) mass is 547 g/mol. The number of hydrogen-bond donors (Lipinski definition) is 2. The Morgan fingerprint density at radius 2 is 1.46 bits per heavy atom. The van der Waals surface area contributed by atoms with Gasteiger partial charge in [-0.3, -0.25) is 4.98 Å². The maximum atomic E-state index is 12.1. The number of carbonyl (C=O) groups is 2. The minimum absolute atomic E-state index is 0.0706. The van der Waals surface area contributed by atoms with E-state index >= 15 is 0 Å². The summed E-state index contributed by atoms with van der Waals surface area (Å²) in [6.45, 7) is 3.90. The SMILES string of the molecule is CCCCCCCCCCCCCCCCCCNC(=O)OCC1OCC1c1cccnc1CNC(=O)OC. The van der Waals surface area contributed by atoms with Crippen LogP contribution in [0.15, 0.2) is 18.3 Å². The van der Waals surface area contributed by atoms with Crippen molar-refractivity contribution in [2.24, 2.45) is 0 Å². The second-order valence-electron chi connectivity index (χ2n) is 10.7. The van der Waals surface area contributed by atoms with E-state index < -0.39 is 12.2 Å². The summed E-state index contributed by atoms with van der Waals surface area (Å²) < 4.78 is 15.7. The molecule has 39 heavy (non-hydrogen) atoms. The van der Waals surface area contributed by atoms with Gasteiger partial charge in [0.25, 0.3) is 0 Å². The summed E-state index contributed by atoms with van der Waals surface area (Å²) in [7, 11) is 1.33. The first kappa shape index (κ1) is 32.9. The van der Waals surface area contributed by atoms with Crippen molar-refractivity contribution in [1.82, 2.24) is 15.6 Å². The summed E-state index contributed by atoms with van der Waals surface area (Å²) in [6, 6.07) is 3.83. The molecule has 1 aliphatic rings. The molecule has 2 unspecified atom stereocenters. The minimum atomic E-state index is -0.502. The normalized spacial score (nSPS) is 16.4. The average Bonchev–Trinajstić information content (AvgIpc) is 2.93. The number of aromatic nitrogens is 1. The Balaban J connectivity index is 1.42. The number of pyridine rings is 1. The molecule has 2 atom stereocenters. The third kappa shape index (κ3) is 14.6. The van der Waals surface area contributed by atoms with Crippen LogP contribution in [-0.4, -0.2) is 50.1 Å². The largest absolute Gasteiger partial charge is 0.453 e. The van der Waals surface area contributed by atoms with Gasteiger partial charge < -0.3 is 24.8 Å². The molecule has 0 aromatic carbocycles. The van der Waals surface area contributed by atoms with Crippen molar-refractivity contribution in [2.75, 3.05) is 26.9 Å². The van der Waals surface area contributed by atoms with Crippen LogP contribution in [0.2, 0.25) is 0 Å². The molecule has 8 heteroatoms. The molecular formula is C31H53N3O5. The lowest BCUT2D eigenvalue weighted by molar-refractivity contribution is -0.103. The summed E-state index contributed by atoms with van der Waals surface area (Å²) in [5.74, 6) is 0.0706. The molecule has 2 amide bonds. The minimum Gasteiger partial charge on any atom is -0.453 e. The Bertz CT molecular complexity index is 791. The van der Waals surface area contributed by atoms with E-state index in [-0.39, 0.29) is 25.2 Å². The van der Waals surface area contributed by atoms with Crippen molar-refractivity contribution in [2.45, 2.75) is 128 Å². The Morgan fingerprint density at radius 3 is 2.00 bits per heavy atom. The van der Waals surface area contributed by atoms with Crippen molar-refractivity contribution >= 4 is 12.2 Å². The number of alkyl carbamates (subject to hydrolysis) is 2. The fourth-order valence-corrected chi connectivity index (χ4v) is 5.02. The molecule has 1 fully saturated rings. The fourth-order valence-electron chi connectivity index (χ4n) is 5.02. The van der Waals surface area contributed by atoms with Crippen LogP contribution in [0.4, 0.5) is 9.59 Å². The zero-order valence-electron chi connectivity index (χ0n) is 24.5. The zero-order valence-corrected chi connectivity index (χ0v) is 24.5. The molecule has 0 radical (unpaired) electrons. The van der Waals surface area contributed by atoms with Gasteiger partial charge in [-0.2, -0.15) is 0 Å². The lowest BCUT2D eigenvalue weighted by Gasteiger charge is -2.37. The molecule has 2 heterocycles. The second-order valence-corrected chi connectivity index (χ2v) is 10.7. The van der Waals surface area contributed by atoms with Crippen LogP contribution in [0.5, 0.6) is 0 Å². The highest BCUT2D eigenvalue weighted by Crippen LogP contribution is 2.33. The molecule has 0 saturated carbocycles. The van der Waals surface area contributed by atoms with Crippen molar-refractivity contribution in [3.05, 3.63) is 29.6 Å². The van der Waals surface area contributed by atoms with Crippen LogP contribution in [0, 0.1) is 0 Å². The molecule has 0 bridgehead atoms. The molecule has 0 aliphatic carbocycles. The summed E-state index contributed by atoms with van der Waals surface area (Å²) in [4.78, 5) is 27.9. The number of amides is 2. The maximum Gasteiger partial charge on any atom is 0.407 e. The number of nitrogens with zero attached hydrogens (tertiary/aromatic N) is 1. The van der Waals surface area contributed by atoms with E-state index in [0.717, 1.165) is 24.1 Å². The third-order valence-electron chi connectivity index (χ3n) is 7.53. The van der Waals surface area contributed by atoms with Crippen LogP contribution in [0.3, 0.4) is 0 Å². The average molecular weight is 548 g/mol. The van der Waals surface area contributed by atoms with Gasteiger partial charge in [-0.15, -0.1) is 0 Å². The van der Waals surface area contributed by atoms with Gasteiger partial charge in [0, 0.05) is 18.7 Å². The molecule has 2 rings (SSSR count). The molecular weight excluding hydrogens is 494 g/mol. The van der Waals surface area contributed by atoms with Gasteiger partial charge >= 0.3 is 12.2 Å². The Kier molecular flexibility index (Phi) is 18.1. The first-order valence-corrected chi connectivity index (χ1v) is 15.4. The van der Waals surface area contributed by atoms with Gasteiger partial charge in [0.2, 0.25) is 0 Å². The number of methoxy groups -OCH3 is 1. The molecule has 1 aromatic heterocycles. The van der Waals surface area contributed by atoms with E-state index in [0.29, 0.717) is 13.2 Å². The second kappa shape index (κ2) is 21.5. The molecule has 1 aliphatic heterocycles. The van der Waals surface area contributed by atoms with Gasteiger partial charge in [-0.05, 0) is 18.1 Å². The van der Waals surface area contributed by atoms with E-state index in [1.54, 1.807) is 6.20 Å². The van der Waals surface area contributed by atoms with Crippen LogP contribution < -0.4 is 10.6 Å². The molecule has 1 aromatic rings. The van der Waals surface area contributed by atoms with Crippen LogP contribution in [-0.2, 0) is 20.8 Å². The predicted octanol–water partition coefficient (Wildman–Crippen LogP) is 7.41. The number of rotatable bonds is 22. The summed E-state index contributed by atoms with van der Waals surface area (Å²) in [5, 5.41) is 5.51. The standard InChI is InChI=1S/C31H53N3O5/c1-3-4-5-6-7-8-9-10-11-12-13-14-15-16-17-18-21-33-31(36)39-25-29-27(24-38-29)26-20-19-22-32-28(26)23-34-30(35)37-2/h19-20,22,27,29H,3-18,21,23-25H2,1-2H3,(H,33,36)(H,34,35). The van der Waals surface area contributed by atoms with Crippen molar-refractivity contribution in [3.8, 4) is 0 Å². The zero-order chi connectivity index (χ0) is 28.0. The topological polar surface area (TPSA) is 98.8 Å². The van der Waals surface area contributed by atoms with E-state index in [9.17, 15) is 9.59 Å². The van der Waals surface area contributed by atoms with Crippen molar-refractivity contribution in [1.29, 1.82) is 0 Å². The highest BCUT2D eigenvalue weighted by molar-refractivity contribution is 5.67. The Labute approximate surface area is 236 Å². The summed E-state index contributed by atoms with van der Waals surface area (Å²) >= 11 is 0. The quantitative estimate of drug-likeness (QED) is 0.147.